The molecule has 5 nitrogen and oxygen atoms in total. The number of para-hydroxylation sites is 1. The van der Waals surface area contributed by atoms with Gasteiger partial charge in [-0.3, -0.25) is 0 Å². The summed E-state index contributed by atoms with van der Waals surface area (Å²) in [7, 11) is 0. The lowest BCUT2D eigenvalue weighted by Gasteiger charge is -2.27. The molecule has 19 heavy (non-hydrogen) atoms. The SMILES string of the molecule is N#Cc1cc(NN2CCOCC2)nc2ccccc12. The second kappa shape index (κ2) is 5.22. The number of fused-ring (bicyclic) bond motifs is 1. The molecule has 0 unspecified atom stereocenters. The van der Waals surface area contributed by atoms with E-state index < -0.39 is 0 Å². The Morgan fingerprint density at radius 2 is 2.05 bits per heavy atom. The van der Waals surface area contributed by atoms with Crippen molar-refractivity contribution in [3.05, 3.63) is 35.9 Å². The molecule has 5 heteroatoms. The van der Waals surface area contributed by atoms with Gasteiger partial charge in [-0.15, -0.1) is 0 Å². The van der Waals surface area contributed by atoms with E-state index in [1.54, 1.807) is 6.07 Å². The average molecular weight is 254 g/mol. The van der Waals surface area contributed by atoms with Crippen LogP contribution >= 0.6 is 0 Å². The number of anilines is 1. The Kier molecular flexibility index (Phi) is 3.27. The molecule has 0 atom stereocenters. The first-order chi connectivity index (χ1) is 9.36. The van der Waals surface area contributed by atoms with Crippen LogP contribution in [0.15, 0.2) is 30.3 Å². The van der Waals surface area contributed by atoms with Crippen LogP contribution in [0, 0.1) is 11.3 Å². The maximum Gasteiger partial charge on any atom is 0.142 e. The minimum absolute atomic E-state index is 0.640. The monoisotopic (exact) mass is 254 g/mol. The molecule has 0 saturated carbocycles. The van der Waals surface area contributed by atoms with Gasteiger partial charge in [-0.25, -0.2) is 9.99 Å². The van der Waals surface area contributed by atoms with Crippen molar-refractivity contribution in [2.75, 3.05) is 31.7 Å². The van der Waals surface area contributed by atoms with Crippen molar-refractivity contribution in [2.24, 2.45) is 0 Å². The van der Waals surface area contributed by atoms with E-state index in [-0.39, 0.29) is 0 Å². The minimum Gasteiger partial charge on any atom is -0.379 e. The van der Waals surface area contributed by atoms with E-state index in [9.17, 15) is 5.26 Å². The Morgan fingerprint density at radius 3 is 2.84 bits per heavy atom. The number of nitrogens with one attached hydrogen (secondary N) is 1. The zero-order valence-electron chi connectivity index (χ0n) is 10.5. The fourth-order valence-corrected chi connectivity index (χ4v) is 2.16. The van der Waals surface area contributed by atoms with Gasteiger partial charge in [0.25, 0.3) is 0 Å². The highest BCUT2D eigenvalue weighted by Crippen LogP contribution is 2.20. The number of nitriles is 1. The molecule has 0 radical (unpaired) electrons. The summed E-state index contributed by atoms with van der Waals surface area (Å²) in [5.41, 5.74) is 4.71. The van der Waals surface area contributed by atoms with Crippen LogP contribution in [0.4, 0.5) is 5.82 Å². The summed E-state index contributed by atoms with van der Waals surface area (Å²) in [6.07, 6.45) is 0. The van der Waals surface area contributed by atoms with E-state index in [1.807, 2.05) is 24.3 Å². The quantitative estimate of drug-likeness (QED) is 0.885. The standard InChI is InChI=1S/C14H14N4O/c15-10-11-9-14(17-18-5-7-19-8-6-18)16-13-4-2-1-3-12(11)13/h1-4,9H,5-8H2,(H,16,17). The van der Waals surface area contributed by atoms with Crippen molar-refractivity contribution >= 4 is 16.7 Å². The first-order valence-electron chi connectivity index (χ1n) is 6.26. The molecule has 0 aliphatic carbocycles. The number of rotatable bonds is 2. The molecule has 0 bridgehead atoms. The van der Waals surface area contributed by atoms with Gasteiger partial charge in [0.15, 0.2) is 0 Å². The first kappa shape index (κ1) is 11.9. The average Bonchev–Trinajstić information content (AvgIpc) is 2.47. The van der Waals surface area contributed by atoms with Crippen molar-refractivity contribution in [3.63, 3.8) is 0 Å². The van der Waals surface area contributed by atoms with Crippen LogP contribution in [0.1, 0.15) is 5.56 Å². The van der Waals surface area contributed by atoms with Crippen LogP contribution in [0.2, 0.25) is 0 Å². The first-order valence-corrected chi connectivity index (χ1v) is 6.26. The number of hydrazine groups is 1. The van der Waals surface area contributed by atoms with Gasteiger partial charge in [0.05, 0.1) is 30.4 Å². The van der Waals surface area contributed by atoms with Crippen LogP contribution < -0.4 is 5.43 Å². The molecule has 1 saturated heterocycles. The van der Waals surface area contributed by atoms with Crippen LogP contribution in [0.5, 0.6) is 0 Å². The Morgan fingerprint density at radius 1 is 1.26 bits per heavy atom. The third kappa shape index (κ3) is 2.50. The minimum atomic E-state index is 0.640. The highest BCUT2D eigenvalue weighted by molar-refractivity contribution is 5.86. The number of nitrogens with zero attached hydrogens (tertiary/aromatic N) is 3. The van der Waals surface area contributed by atoms with Crippen LogP contribution in [0.25, 0.3) is 10.9 Å². The molecule has 2 aromatic rings. The number of pyridine rings is 1. The summed E-state index contributed by atoms with van der Waals surface area (Å²) in [6.45, 7) is 3.06. The fourth-order valence-electron chi connectivity index (χ4n) is 2.16. The molecule has 0 amide bonds. The normalized spacial score (nSPS) is 16.2. The van der Waals surface area contributed by atoms with E-state index in [1.165, 1.54) is 0 Å². The zero-order chi connectivity index (χ0) is 13.1. The van der Waals surface area contributed by atoms with Crippen molar-refractivity contribution in [1.82, 2.24) is 9.99 Å². The molecule has 2 heterocycles. The number of hydrogen-bond acceptors (Lipinski definition) is 5. The van der Waals surface area contributed by atoms with E-state index in [0.29, 0.717) is 24.6 Å². The zero-order valence-corrected chi connectivity index (χ0v) is 10.5. The lowest BCUT2D eigenvalue weighted by molar-refractivity contribution is 0.0495. The summed E-state index contributed by atoms with van der Waals surface area (Å²) < 4.78 is 5.30. The van der Waals surface area contributed by atoms with Gasteiger partial charge in [0, 0.05) is 24.5 Å². The van der Waals surface area contributed by atoms with Crippen LogP contribution in [-0.4, -0.2) is 36.3 Å². The van der Waals surface area contributed by atoms with E-state index in [4.69, 9.17) is 4.74 Å². The Hall–Kier alpha value is -2.16. The maximum atomic E-state index is 9.23. The van der Waals surface area contributed by atoms with Gasteiger partial charge < -0.3 is 10.2 Å². The third-order valence-electron chi connectivity index (χ3n) is 3.12. The highest BCUT2D eigenvalue weighted by atomic mass is 16.5. The summed E-state index contributed by atoms with van der Waals surface area (Å²) >= 11 is 0. The van der Waals surface area contributed by atoms with Crippen LogP contribution in [-0.2, 0) is 4.74 Å². The summed E-state index contributed by atoms with van der Waals surface area (Å²) in [5.74, 6) is 0.706. The van der Waals surface area contributed by atoms with Crippen molar-refractivity contribution < 1.29 is 4.74 Å². The van der Waals surface area contributed by atoms with Gasteiger partial charge in [0.1, 0.15) is 5.82 Å². The molecule has 1 aromatic heterocycles. The Balaban J connectivity index is 1.93. The molecule has 1 aliphatic rings. The van der Waals surface area contributed by atoms with E-state index >= 15 is 0 Å². The second-order valence-electron chi connectivity index (χ2n) is 4.40. The third-order valence-corrected chi connectivity index (χ3v) is 3.12. The molecule has 0 spiro atoms. The van der Waals surface area contributed by atoms with Crippen molar-refractivity contribution in [1.29, 1.82) is 5.26 Å². The summed E-state index contributed by atoms with van der Waals surface area (Å²) in [6, 6.07) is 11.7. The van der Waals surface area contributed by atoms with Crippen molar-refractivity contribution in [3.8, 4) is 6.07 Å². The maximum absolute atomic E-state index is 9.23. The van der Waals surface area contributed by atoms with Crippen LogP contribution in [0.3, 0.4) is 0 Å². The lowest BCUT2D eigenvalue weighted by Crippen LogP contribution is -2.40. The van der Waals surface area contributed by atoms with Gasteiger partial charge in [-0.05, 0) is 6.07 Å². The molecule has 1 N–H and O–H groups in total. The van der Waals surface area contributed by atoms with Gasteiger partial charge in [-0.2, -0.15) is 5.26 Å². The number of ether oxygens (including phenoxy) is 1. The summed E-state index contributed by atoms with van der Waals surface area (Å²) in [4.78, 5) is 4.53. The molecule has 1 aliphatic heterocycles. The largest absolute Gasteiger partial charge is 0.379 e. The smallest absolute Gasteiger partial charge is 0.142 e. The van der Waals surface area contributed by atoms with Gasteiger partial charge >= 0.3 is 0 Å². The number of aromatic nitrogens is 1. The Labute approximate surface area is 111 Å². The molecule has 96 valence electrons. The highest BCUT2D eigenvalue weighted by Gasteiger charge is 2.12. The predicted octanol–water partition coefficient (Wildman–Crippen LogP) is 1.77. The number of benzene rings is 1. The summed E-state index contributed by atoms with van der Waals surface area (Å²) in [5, 5.41) is 12.2. The van der Waals surface area contributed by atoms with Crippen molar-refractivity contribution in [2.45, 2.75) is 0 Å². The predicted molar refractivity (Wildman–Crippen MR) is 72.5 cm³/mol. The molecular weight excluding hydrogens is 240 g/mol. The fraction of sp³-hybridized carbons (Fsp3) is 0.286. The molecular formula is C14H14N4O. The lowest BCUT2D eigenvalue weighted by atomic mass is 10.1. The molecule has 1 aromatic carbocycles. The van der Waals surface area contributed by atoms with E-state index in [0.717, 1.165) is 24.0 Å². The molecule has 1 fully saturated rings. The van der Waals surface area contributed by atoms with E-state index in [2.05, 4.69) is 21.5 Å². The van der Waals surface area contributed by atoms with Gasteiger partial charge in [0.2, 0.25) is 0 Å². The van der Waals surface area contributed by atoms with Gasteiger partial charge in [-0.1, -0.05) is 18.2 Å². The second-order valence-corrected chi connectivity index (χ2v) is 4.40. The molecule has 3 rings (SSSR count). The number of morpholine rings is 1. The topological polar surface area (TPSA) is 61.2 Å². The Bertz CT molecular complexity index is 629. The number of hydrogen-bond donors (Lipinski definition) is 1.